The van der Waals surface area contributed by atoms with Crippen LogP contribution in [0.15, 0.2) is 42.9 Å². The molecular formula is C25H28FN7O2. The highest BCUT2D eigenvalue weighted by Crippen LogP contribution is 2.35. The second kappa shape index (κ2) is 8.62. The molecule has 0 spiro atoms. The Morgan fingerprint density at radius 2 is 1.91 bits per heavy atom. The van der Waals surface area contributed by atoms with Crippen molar-refractivity contribution in [3.05, 3.63) is 54.5 Å². The number of hydrogen-bond acceptors (Lipinski definition) is 7. The van der Waals surface area contributed by atoms with E-state index >= 15 is 0 Å². The zero-order valence-electron chi connectivity index (χ0n) is 20.0. The van der Waals surface area contributed by atoms with Crippen LogP contribution in [0.4, 0.5) is 15.9 Å². The number of piperidine rings is 1. The summed E-state index contributed by atoms with van der Waals surface area (Å²) >= 11 is 0. The van der Waals surface area contributed by atoms with Crippen molar-refractivity contribution in [3.8, 4) is 16.9 Å². The van der Waals surface area contributed by atoms with Gasteiger partial charge in [-0.25, -0.2) is 4.52 Å². The minimum absolute atomic E-state index is 0.122. The van der Waals surface area contributed by atoms with Gasteiger partial charge < -0.3 is 14.8 Å². The second-order valence-electron chi connectivity index (χ2n) is 9.49. The van der Waals surface area contributed by atoms with Gasteiger partial charge in [0.1, 0.15) is 17.5 Å². The highest BCUT2D eigenvalue weighted by molar-refractivity contribution is 5.75. The standard InChI is InChI=1S/C25H28FN7O2/c1-15-6-21(23(11-27-15)35-20-8-18-13-34-14-19(9-20)32(18)3)16-4-5-33-17(7-16)10-24(29-33)28-22-12-31(2)30-25(22)26/h4-7,10-12,18-20H,8-9,13-14H2,1-3H3,(H,28,29). The number of likely N-dealkylation sites (N-methyl/N-ethyl adjacent to an activating group) is 1. The molecule has 4 aromatic heterocycles. The molecule has 4 aromatic rings. The van der Waals surface area contributed by atoms with Crippen molar-refractivity contribution >= 4 is 17.0 Å². The smallest absolute Gasteiger partial charge is 0.256 e. The van der Waals surface area contributed by atoms with Crippen LogP contribution < -0.4 is 10.1 Å². The lowest BCUT2D eigenvalue weighted by molar-refractivity contribution is -0.0879. The number of fused-ring (bicyclic) bond motifs is 3. The summed E-state index contributed by atoms with van der Waals surface area (Å²) in [4.78, 5) is 6.94. The fraction of sp³-hybridized carbons (Fsp3) is 0.400. The van der Waals surface area contributed by atoms with Crippen molar-refractivity contribution < 1.29 is 13.9 Å². The van der Waals surface area contributed by atoms with Crippen LogP contribution in [-0.2, 0) is 11.8 Å². The predicted molar refractivity (Wildman–Crippen MR) is 129 cm³/mol. The van der Waals surface area contributed by atoms with Gasteiger partial charge in [0.25, 0.3) is 5.95 Å². The molecule has 2 atom stereocenters. The first kappa shape index (κ1) is 22.0. The van der Waals surface area contributed by atoms with Crippen LogP contribution in [0.3, 0.4) is 0 Å². The van der Waals surface area contributed by atoms with E-state index in [1.807, 2.05) is 31.5 Å². The van der Waals surface area contributed by atoms with Crippen LogP contribution in [0, 0.1) is 12.9 Å². The highest BCUT2D eigenvalue weighted by Gasteiger charge is 2.38. The molecule has 0 aliphatic carbocycles. The Morgan fingerprint density at radius 3 is 2.66 bits per heavy atom. The SMILES string of the molecule is Cc1cc(-c2ccn3nc(Nc4cn(C)nc4F)cc3c2)c(OC2CC3COCC(C2)N3C)cn1. The largest absolute Gasteiger partial charge is 0.488 e. The maximum atomic E-state index is 13.9. The van der Waals surface area contributed by atoms with E-state index in [-0.39, 0.29) is 11.8 Å². The monoisotopic (exact) mass is 477 g/mol. The molecule has 9 nitrogen and oxygen atoms in total. The zero-order chi connectivity index (χ0) is 24.1. The Morgan fingerprint density at radius 1 is 1.11 bits per heavy atom. The van der Waals surface area contributed by atoms with Crippen LogP contribution in [-0.4, -0.2) is 67.7 Å². The number of halogens is 1. The molecule has 2 saturated heterocycles. The maximum Gasteiger partial charge on any atom is 0.256 e. The third-order valence-corrected chi connectivity index (χ3v) is 6.96. The Kier molecular flexibility index (Phi) is 5.42. The molecule has 6 heterocycles. The summed E-state index contributed by atoms with van der Waals surface area (Å²) in [5.74, 6) is 0.754. The molecule has 0 radical (unpaired) electrons. The fourth-order valence-electron chi connectivity index (χ4n) is 5.09. The first-order valence-corrected chi connectivity index (χ1v) is 11.8. The summed E-state index contributed by atoms with van der Waals surface area (Å²) < 4.78 is 29.4. The predicted octanol–water partition coefficient (Wildman–Crippen LogP) is 3.56. The van der Waals surface area contributed by atoms with Crippen molar-refractivity contribution in [2.24, 2.45) is 7.05 Å². The van der Waals surface area contributed by atoms with Gasteiger partial charge in [-0.2, -0.15) is 9.49 Å². The van der Waals surface area contributed by atoms with Crippen molar-refractivity contribution in [1.29, 1.82) is 0 Å². The van der Waals surface area contributed by atoms with Crippen molar-refractivity contribution in [2.45, 2.75) is 38.0 Å². The van der Waals surface area contributed by atoms with Gasteiger partial charge in [-0.1, -0.05) is 0 Å². The van der Waals surface area contributed by atoms with Gasteiger partial charge in [-0.05, 0) is 37.7 Å². The molecule has 10 heteroatoms. The van der Waals surface area contributed by atoms with Gasteiger partial charge >= 0.3 is 0 Å². The van der Waals surface area contributed by atoms with E-state index in [0.717, 1.165) is 54.1 Å². The first-order valence-electron chi connectivity index (χ1n) is 11.8. The van der Waals surface area contributed by atoms with Crippen LogP contribution in [0.2, 0.25) is 0 Å². The Labute approximate surface area is 202 Å². The topological polar surface area (TPSA) is 81.7 Å². The van der Waals surface area contributed by atoms with Crippen LogP contribution in [0.1, 0.15) is 18.5 Å². The molecule has 0 amide bonds. The number of anilines is 2. The maximum absolute atomic E-state index is 13.9. The Balaban J connectivity index is 1.28. The van der Waals surface area contributed by atoms with Crippen molar-refractivity contribution in [1.82, 2.24) is 29.3 Å². The minimum Gasteiger partial charge on any atom is -0.488 e. The fourth-order valence-corrected chi connectivity index (χ4v) is 5.09. The summed E-state index contributed by atoms with van der Waals surface area (Å²) in [5.41, 5.74) is 4.08. The molecule has 2 fully saturated rings. The van der Waals surface area contributed by atoms with Crippen LogP contribution in [0.5, 0.6) is 5.75 Å². The minimum atomic E-state index is -0.566. The number of pyridine rings is 2. The molecule has 2 aliphatic heterocycles. The van der Waals surface area contributed by atoms with Crippen LogP contribution >= 0.6 is 0 Å². The quantitative estimate of drug-likeness (QED) is 0.471. The average molecular weight is 478 g/mol. The summed E-state index contributed by atoms with van der Waals surface area (Å²) in [5, 5.41) is 11.2. The second-order valence-corrected chi connectivity index (χ2v) is 9.49. The van der Waals surface area contributed by atoms with E-state index in [9.17, 15) is 4.39 Å². The lowest BCUT2D eigenvalue weighted by Crippen LogP contribution is -2.57. The first-order chi connectivity index (χ1) is 16.9. The van der Waals surface area contributed by atoms with Gasteiger partial charge in [-0.15, -0.1) is 5.10 Å². The third kappa shape index (κ3) is 4.23. The normalized spacial score (nSPS) is 22.5. The number of hydrogen-bond donors (Lipinski definition) is 1. The molecule has 0 saturated carbocycles. The molecule has 6 rings (SSSR count). The molecule has 0 aromatic carbocycles. The molecule has 182 valence electrons. The number of morpholine rings is 1. The number of aromatic nitrogens is 5. The van der Waals surface area contributed by atoms with E-state index in [4.69, 9.17) is 9.47 Å². The number of nitrogens with one attached hydrogen (secondary N) is 1. The van der Waals surface area contributed by atoms with Gasteiger partial charge in [0.05, 0.1) is 31.1 Å². The van der Waals surface area contributed by atoms with Gasteiger partial charge in [-0.3, -0.25) is 14.6 Å². The van der Waals surface area contributed by atoms with E-state index in [1.54, 1.807) is 17.8 Å². The molecule has 1 N–H and O–H groups in total. The molecule has 35 heavy (non-hydrogen) atoms. The number of ether oxygens (including phenoxy) is 2. The third-order valence-electron chi connectivity index (χ3n) is 6.96. The van der Waals surface area contributed by atoms with E-state index in [0.29, 0.717) is 17.9 Å². The summed E-state index contributed by atoms with van der Waals surface area (Å²) in [6.45, 7) is 3.48. The Bertz CT molecular complexity index is 1370. The number of rotatable bonds is 5. The average Bonchev–Trinajstić information content (AvgIpc) is 3.36. The van der Waals surface area contributed by atoms with Gasteiger partial charge in [0.15, 0.2) is 5.82 Å². The van der Waals surface area contributed by atoms with Crippen LogP contribution in [0.25, 0.3) is 16.6 Å². The van der Waals surface area contributed by atoms with Gasteiger partial charge in [0.2, 0.25) is 0 Å². The van der Waals surface area contributed by atoms with E-state index < -0.39 is 5.95 Å². The zero-order valence-corrected chi connectivity index (χ0v) is 20.0. The highest BCUT2D eigenvalue weighted by atomic mass is 19.1. The van der Waals surface area contributed by atoms with Crippen molar-refractivity contribution in [3.63, 3.8) is 0 Å². The van der Waals surface area contributed by atoms with Crippen molar-refractivity contribution in [2.75, 3.05) is 25.6 Å². The summed E-state index contributed by atoms with van der Waals surface area (Å²) in [6, 6.07) is 8.76. The number of aryl methyl sites for hydroxylation is 2. The van der Waals surface area contributed by atoms with E-state index in [2.05, 4.69) is 44.6 Å². The summed E-state index contributed by atoms with van der Waals surface area (Å²) in [6.07, 6.45) is 7.29. The molecule has 2 aliphatic rings. The number of nitrogens with zero attached hydrogens (tertiary/aromatic N) is 6. The van der Waals surface area contributed by atoms with Gasteiger partial charge in [0, 0.05) is 55.5 Å². The molecule has 2 bridgehead atoms. The Hall–Kier alpha value is -3.50. The molecular weight excluding hydrogens is 449 g/mol. The van der Waals surface area contributed by atoms with E-state index in [1.165, 1.54) is 4.68 Å². The molecule has 2 unspecified atom stereocenters. The summed E-state index contributed by atoms with van der Waals surface area (Å²) in [7, 11) is 3.85. The lowest BCUT2D eigenvalue weighted by atomic mass is 9.92. The lowest BCUT2D eigenvalue weighted by Gasteiger charge is -2.46.